The summed E-state index contributed by atoms with van der Waals surface area (Å²) in [6, 6.07) is 9.58. The monoisotopic (exact) mass is 381 g/mol. The topological polar surface area (TPSA) is 95.9 Å². The lowest BCUT2D eigenvalue weighted by Crippen LogP contribution is -2.23. The third kappa shape index (κ3) is 3.41. The van der Waals surface area contributed by atoms with Crippen molar-refractivity contribution in [1.82, 2.24) is 24.6 Å². The Morgan fingerprint density at radius 1 is 1.22 bits per heavy atom. The van der Waals surface area contributed by atoms with Crippen LogP contribution in [0.25, 0.3) is 16.9 Å². The van der Waals surface area contributed by atoms with Crippen LogP contribution >= 0.6 is 11.6 Å². The highest BCUT2D eigenvalue weighted by Crippen LogP contribution is 2.27. The summed E-state index contributed by atoms with van der Waals surface area (Å²) in [6.07, 6.45) is 5.56. The molecule has 1 unspecified atom stereocenters. The number of fused-ring (bicyclic) bond motifs is 1. The van der Waals surface area contributed by atoms with Gasteiger partial charge in [0, 0.05) is 29.2 Å². The molecule has 27 heavy (non-hydrogen) atoms. The second-order valence-corrected chi connectivity index (χ2v) is 6.83. The van der Waals surface area contributed by atoms with Crippen LogP contribution in [-0.2, 0) is 6.42 Å². The minimum Gasteiger partial charge on any atom is -0.313 e. The molecule has 0 saturated carbocycles. The van der Waals surface area contributed by atoms with Gasteiger partial charge in [-0.15, -0.1) is 0 Å². The number of halogens is 1. The lowest BCUT2D eigenvalue weighted by molar-refractivity contribution is 0.751. The van der Waals surface area contributed by atoms with Crippen LogP contribution in [0.5, 0.6) is 0 Å². The standard InChI is InChI=1S/C19H16ClN5O2/c1-11(8-12-2-4-13(20)5-3-12)14-9-16(24-25-7-6-21-17(14)25)15-10-22-19(27)23-18(15)26/h2-7,9-11H,8H2,1H3,(H2,22,23,26,27). The molecule has 2 N–H and O–H groups in total. The molecule has 0 bridgehead atoms. The maximum absolute atomic E-state index is 12.2. The normalized spacial score (nSPS) is 12.4. The molecule has 7 nitrogen and oxygen atoms in total. The van der Waals surface area contributed by atoms with Crippen molar-refractivity contribution in [3.8, 4) is 11.3 Å². The summed E-state index contributed by atoms with van der Waals surface area (Å²) in [5, 5.41) is 5.15. The molecule has 0 aliphatic carbocycles. The van der Waals surface area contributed by atoms with Crippen LogP contribution in [0.4, 0.5) is 0 Å². The van der Waals surface area contributed by atoms with Gasteiger partial charge in [0.15, 0.2) is 5.65 Å². The number of hydrogen-bond donors (Lipinski definition) is 2. The fourth-order valence-corrected chi connectivity index (χ4v) is 3.25. The minimum atomic E-state index is -0.552. The van der Waals surface area contributed by atoms with Gasteiger partial charge < -0.3 is 4.98 Å². The van der Waals surface area contributed by atoms with Gasteiger partial charge in [0.25, 0.3) is 5.56 Å². The number of H-pyrrole nitrogens is 2. The molecular formula is C19H16ClN5O2. The predicted octanol–water partition coefficient (Wildman–Crippen LogP) is 2.77. The first-order valence-electron chi connectivity index (χ1n) is 8.42. The van der Waals surface area contributed by atoms with Crippen molar-refractivity contribution in [3.05, 3.63) is 85.9 Å². The second kappa shape index (κ2) is 6.85. The van der Waals surface area contributed by atoms with Crippen LogP contribution in [0.2, 0.25) is 5.02 Å². The summed E-state index contributed by atoms with van der Waals surface area (Å²) in [5.74, 6) is 0.125. The minimum absolute atomic E-state index is 0.125. The van der Waals surface area contributed by atoms with E-state index < -0.39 is 11.2 Å². The fraction of sp³-hybridized carbons (Fsp3) is 0.158. The van der Waals surface area contributed by atoms with Crippen molar-refractivity contribution in [3.63, 3.8) is 0 Å². The summed E-state index contributed by atoms with van der Waals surface area (Å²) in [4.78, 5) is 32.6. The average molecular weight is 382 g/mol. The molecule has 0 aliphatic heterocycles. The van der Waals surface area contributed by atoms with Gasteiger partial charge in [0.2, 0.25) is 0 Å². The third-order valence-electron chi connectivity index (χ3n) is 4.47. The SMILES string of the molecule is CC(Cc1ccc(Cl)cc1)c1cc(-c2c[nH]c(=O)[nH]c2=O)nn2ccnc12. The zero-order valence-electron chi connectivity index (χ0n) is 14.4. The molecule has 4 aromatic rings. The first-order chi connectivity index (χ1) is 13.0. The molecule has 0 aliphatic rings. The molecule has 0 spiro atoms. The van der Waals surface area contributed by atoms with Crippen molar-refractivity contribution < 1.29 is 0 Å². The smallest absolute Gasteiger partial charge is 0.313 e. The van der Waals surface area contributed by atoms with Gasteiger partial charge in [-0.1, -0.05) is 30.7 Å². The first-order valence-corrected chi connectivity index (χ1v) is 8.80. The molecule has 3 heterocycles. The molecule has 0 fully saturated rings. The van der Waals surface area contributed by atoms with Crippen molar-refractivity contribution in [2.75, 3.05) is 0 Å². The highest BCUT2D eigenvalue weighted by Gasteiger charge is 2.16. The summed E-state index contributed by atoms with van der Waals surface area (Å²) in [5.41, 5.74) is 2.58. The molecule has 136 valence electrons. The summed E-state index contributed by atoms with van der Waals surface area (Å²) >= 11 is 5.96. The fourth-order valence-electron chi connectivity index (χ4n) is 3.12. The van der Waals surface area contributed by atoms with Crippen molar-refractivity contribution in [2.24, 2.45) is 0 Å². The zero-order chi connectivity index (χ0) is 19.0. The summed E-state index contributed by atoms with van der Waals surface area (Å²) in [7, 11) is 0. The molecule has 8 heteroatoms. The Bertz CT molecular complexity index is 1220. The maximum atomic E-state index is 12.2. The lowest BCUT2D eigenvalue weighted by Gasteiger charge is -2.14. The van der Waals surface area contributed by atoms with Gasteiger partial charge in [0.1, 0.15) is 0 Å². The molecule has 0 radical (unpaired) electrons. The zero-order valence-corrected chi connectivity index (χ0v) is 15.2. The number of nitrogens with one attached hydrogen (secondary N) is 2. The van der Waals surface area contributed by atoms with Crippen LogP contribution in [0, 0.1) is 0 Å². The number of imidazole rings is 1. The number of aromatic amines is 2. The van der Waals surface area contributed by atoms with E-state index in [1.54, 1.807) is 16.9 Å². The van der Waals surface area contributed by atoms with E-state index in [9.17, 15) is 9.59 Å². The Hall–Kier alpha value is -3.19. The Kier molecular flexibility index (Phi) is 4.37. The number of aromatic nitrogens is 5. The predicted molar refractivity (Wildman–Crippen MR) is 103 cm³/mol. The average Bonchev–Trinajstić information content (AvgIpc) is 3.11. The number of benzene rings is 1. The molecule has 3 aromatic heterocycles. The van der Waals surface area contributed by atoms with Gasteiger partial charge in [0.05, 0.1) is 11.3 Å². The van der Waals surface area contributed by atoms with E-state index in [2.05, 4.69) is 27.0 Å². The Morgan fingerprint density at radius 2 is 2.00 bits per heavy atom. The van der Waals surface area contributed by atoms with Gasteiger partial charge in [-0.05, 0) is 36.1 Å². The highest BCUT2D eigenvalue weighted by molar-refractivity contribution is 6.30. The summed E-state index contributed by atoms with van der Waals surface area (Å²) in [6.45, 7) is 2.10. The quantitative estimate of drug-likeness (QED) is 0.568. The van der Waals surface area contributed by atoms with Gasteiger partial charge in [-0.2, -0.15) is 5.10 Å². The van der Waals surface area contributed by atoms with E-state index in [4.69, 9.17) is 11.6 Å². The number of rotatable bonds is 4. The van der Waals surface area contributed by atoms with E-state index in [-0.39, 0.29) is 5.92 Å². The molecule has 1 aromatic carbocycles. The lowest BCUT2D eigenvalue weighted by atomic mass is 9.94. The van der Waals surface area contributed by atoms with E-state index in [1.165, 1.54) is 6.20 Å². The van der Waals surface area contributed by atoms with Gasteiger partial charge >= 0.3 is 5.69 Å². The van der Waals surface area contributed by atoms with Crippen molar-refractivity contribution in [1.29, 1.82) is 0 Å². The maximum Gasteiger partial charge on any atom is 0.325 e. The van der Waals surface area contributed by atoms with E-state index in [1.807, 2.05) is 30.3 Å². The Balaban J connectivity index is 1.79. The van der Waals surface area contributed by atoms with E-state index in [0.29, 0.717) is 16.3 Å². The first kappa shape index (κ1) is 17.2. The molecule has 1 atom stereocenters. The molecule has 0 amide bonds. The Labute approximate surface area is 158 Å². The second-order valence-electron chi connectivity index (χ2n) is 6.40. The van der Waals surface area contributed by atoms with Crippen LogP contribution in [0.15, 0.2) is 58.5 Å². The van der Waals surface area contributed by atoms with E-state index >= 15 is 0 Å². The van der Waals surface area contributed by atoms with Crippen LogP contribution in [-0.4, -0.2) is 24.6 Å². The van der Waals surface area contributed by atoms with Crippen molar-refractivity contribution >= 4 is 17.2 Å². The highest BCUT2D eigenvalue weighted by atomic mass is 35.5. The third-order valence-corrected chi connectivity index (χ3v) is 4.72. The number of hydrogen-bond acceptors (Lipinski definition) is 4. The Morgan fingerprint density at radius 3 is 2.74 bits per heavy atom. The van der Waals surface area contributed by atoms with Crippen LogP contribution < -0.4 is 11.2 Å². The molecular weight excluding hydrogens is 366 g/mol. The van der Waals surface area contributed by atoms with Gasteiger partial charge in [-0.3, -0.25) is 9.78 Å². The van der Waals surface area contributed by atoms with Gasteiger partial charge in [-0.25, -0.2) is 14.3 Å². The van der Waals surface area contributed by atoms with Crippen LogP contribution in [0.3, 0.4) is 0 Å². The molecule has 0 saturated heterocycles. The van der Waals surface area contributed by atoms with E-state index in [0.717, 1.165) is 23.2 Å². The van der Waals surface area contributed by atoms with Crippen molar-refractivity contribution in [2.45, 2.75) is 19.3 Å². The molecule has 4 rings (SSSR count). The summed E-state index contributed by atoms with van der Waals surface area (Å²) < 4.78 is 1.65. The largest absolute Gasteiger partial charge is 0.325 e. The number of nitrogens with zero attached hydrogens (tertiary/aromatic N) is 3. The van der Waals surface area contributed by atoms with Crippen LogP contribution in [0.1, 0.15) is 24.0 Å².